The molecule has 0 saturated heterocycles. The molecule has 0 aromatic heterocycles. The van der Waals surface area contributed by atoms with E-state index in [9.17, 15) is 4.79 Å². The molecule has 3 N–H and O–H groups in total. The Kier molecular flexibility index (Phi) is 6.00. The summed E-state index contributed by atoms with van der Waals surface area (Å²) in [7, 11) is 1.61. The van der Waals surface area contributed by atoms with Gasteiger partial charge in [0.15, 0.2) is 0 Å². The Morgan fingerprint density at radius 1 is 1.39 bits per heavy atom. The third-order valence-electron chi connectivity index (χ3n) is 2.66. The van der Waals surface area contributed by atoms with Crippen molar-refractivity contribution in [3.8, 4) is 5.75 Å². The van der Waals surface area contributed by atoms with Crippen LogP contribution in [0.25, 0.3) is 0 Å². The number of carbonyl (C=O) groups is 1. The van der Waals surface area contributed by atoms with Crippen molar-refractivity contribution in [1.82, 2.24) is 10.6 Å². The quantitative estimate of drug-likeness (QED) is 0.714. The maximum atomic E-state index is 11.5. The number of rotatable bonds is 6. The number of hydrogen-bond donors (Lipinski definition) is 3. The van der Waals surface area contributed by atoms with Crippen LogP contribution in [0.3, 0.4) is 0 Å². The van der Waals surface area contributed by atoms with Gasteiger partial charge in [-0.15, -0.1) is 0 Å². The third kappa shape index (κ3) is 4.63. The zero-order chi connectivity index (χ0) is 13.4. The van der Waals surface area contributed by atoms with Gasteiger partial charge < -0.3 is 20.5 Å². The van der Waals surface area contributed by atoms with Crippen molar-refractivity contribution in [2.45, 2.75) is 25.9 Å². The Labute approximate surface area is 107 Å². The number of methoxy groups -OCH3 is 1. The number of nitrogens with one attached hydrogen (secondary N) is 2. The van der Waals surface area contributed by atoms with Crippen LogP contribution in [-0.4, -0.2) is 30.9 Å². The average molecular weight is 252 g/mol. The van der Waals surface area contributed by atoms with Gasteiger partial charge in [0.05, 0.1) is 19.8 Å². The highest BCUT2D eigenvalue weighted by Gasteiger charge is 2.08. The lowest BCUT2D eigenvalue weighted by atomic mass is 10.2. The van der Waals surface area contributed by atoms with Gasteiger partial charge in [-0.3, -0.25) is 0 Å². The number of amides is 2. The van der Waals surface area contributed by atoms with E-state index in [2.05, 4.69) is 10.6 Å². The number of hydrogen-bond acceptors (Lipinski definition) is 3. The van der Waals surface area contributed by atoms with Crippen molar-refractivity contribution in [1.29, 1.82) is 0 Å². The normalized spacial score (nSPS) is 11.7. The third-order valence-corrected chi connectivity index (χ3v) is 2.66. The van der Waals surface area contributed by atoms with Crippen LogP contribution >= 0.6 is 0 Å². The second-order valence-corrected chi connectivity index (χ2v) is 3.96. The number of aliphatic hydroxyl groups excluding tert-OH is 1. The molecule has 1 rings (SSSR count). The van der Waals surface area contributed by atoms with Gasteiger partial charge in [0, 0.05) is 6.54 Å². The SMILES string of the molecule is CCC(CO)NC(=O)NCc1ccc(OC)cc1. The molecule has 0 bridgehead atoms. The van der Waals surface area contributed by atoms with Crippen molar-refractivity contribution >= 4 is 6.03 Å². The molecule has 0 aliphatic heterocycles. The smallest absolute Gasteiger partial charge is 0.315 e. The first-order valence-electron chi connectivity index (χ1n) is 5.97. The summed E-state index contributed by atoms with van der Waals surface area (Å²) in [5.74, 6) is 0.787. The molecule has 0 heterocycles. The van der Waals surface area contributed by atoms with E-state index in [1.54, 1.807) is 7.11 Å². The second-order valence-electron chi connectivity index (χ2n) is 3.96. The van der Waals surface area contributed by atoms with Gasteiger partial charge in [-0.05, 0) is 24.1 Å². The van der Waals surface area contributed by atoms with Gasteiger partial charge in [-0.25, -0.2) is 4.79 Å². The van der Waals surface area contributed by atoms with E-state index in [1.807, 2.05) is 31.2 Å². The largest absolute Gasteiger partial charge is 0.497 e. The van der Waals surface area contributed by atoms with Gasteiger partial charge >= 0.3 is 6.03 Å². The first-order valence-corrected chi connectivity index (χ1v) is 5.97. The summed E-state index contributed by atoms with van der Waals surface area (Å²) in [4.78, 5) is 11.5. The van der Waals surface area contributed by atoms with Crippen LogP contribution in [0.2, 0.25) is 0 Å². The summed E-state index contributed by atoms with van der Waals surface area (Å²) >= 11 is 0. The molecule has 0 radical (unpaired) electrons. The van der Waals surface area contributed by atoms with Gasteiger partial charge in [-0.1, -0.05) is 19.1 Å². The molecule has 100 valence electrons. The minimum absolute atomic E-state index is 0.0492. The summed E-state index contributed by atoms with van der Waals surface area (Å²) < 4.78 is 5.05. The van der Waals surface area contributed by atoms with E-state index >= 15 is 0 Å². The van der Waals surface area contributed by atoms with Crippen LogP contribution in [-0.2, 0) is 6.54 Å². The van der Waals surface area contributed by atoms with E-state index in [-0.39, 0.29) is 18.7 Å². The number of aliphatic hydroxyl groups is 1. The fraction of sp³-hybridized carbons (Fsp3) is 0.462. The van der Waals surface area contributed by atoms with E-state index < -0.39 is 0 Å². The molecule has 0 saturated carbocycles. The summed E-state index contributed by atoms with van der Waals surface area (Å²) in [6.07, 6.45) is 0.701. The van der Waals surface area contributed by atoms with Crippen molar-refractivity contribution in [2.75, 3.05) is 13.7 Å². The first-order chi connectivity index (χ1) is 8.69. The molecule has 1 aromatic carbocycles. The van der Waals surface area contributed by atoms with Crippen LogP contribution in [0.4, 0.5) is 4.79 Å². The molecular formula is C13H20N2O3. The Morgan fingerprint density at radius 2 is 2.06 bits per heavy atom. The van der Waals surface area contributed by atoms with Crippen LogP contribution < -0.4 is 15.4 Å². The number of ether oxygens (including phenoxy) is 1. The molecule has 2 amide bonds. The van der Waals surface area contributed by atoms with Gasteiger partial charge in [0.1, 0.15) is 5.75 Å². The minimum atomic E-state index is -0.272. The van der Waals surface area contributed by atoms with Crippen LogP contribution in [0, 0.1) is 0 Å². The summed E-state index contributed by atoms with van der Waals surface area (Å²) in [6, 6.07) is 7.01. The molecule has 5 heteroatoms. The number of carbonyl (C=O) groups excluding carboxylic acids is 1. The van der Waals surface area contributed by atoms with Gasteiger partial charge in [0.2, 0.25) is 0 Å². The van der Waals surface area contributed by atoms with Crippen molar-refractivity contribution < 1.29 is 14.6 Å². The molecule has 1 unspecified atom stereocenters. The predicted molar refractivity (Wildman–Crippen MR) is 69.5 cm³/mol. The molecule has 1 atom stereocenters. The molecule has 0 spiro atoms. The highest BCUT2D eigenvalue weighted by Crippen LogP contribution is 2.10. The highest BCUT2D eigenvalue weighted by molar-refractivity contribution is 5.74. The van der Waals surface area contributed by atoms with Crippen LogP contribution in [0.15, 0.2) is 24.3 Å². The van der Waals surface area contributed by atoms with E-state index in [0.717, 1.165) is 11.3 Å². The van der Waals surface area contributed by atoms with E-state index in [4.69, 9.17) is 9.84 Å². The van der Waals surface area contributed by atoms with E-state index in [0.29, 0.717) is 13.0 Å². The number of urea groups is 1. The maximum Gasteiger partial charge on any atom is 0.315 e. The topological polar surface area (TPSA) is 70.6 Å². The lowest BCUT2D eigenvalue weighted by molar-refractivity contribution is 0.214. The predicted octanol–water partition coefficient (Wildman–Crippen LogP) is 1.27. The summed E-state index contributed by atoms with van der Waals surface area (Å²) in [5.41, 5.74) is 0.989. The van der Waals surface area contributed by atoms with E-state index in [1.165, 1.54) is 0 Å². The molecule has 0 fully saturated rings. The molecular weight excluding hydrogens is 232 g/mol. The molecule has 18 heavy (non-hydrogen) atoms. The zero-order valence-corrected chi connectivity index (χ0v) is 10.8. The molecule has 1 aromatic rings. The molecule has 0 aliphatic rings. The molecule has 5 nitrogen and oxygen atoms in total. The summed E-state index contributed by atoms with van der Waals surface area (Å²) in [6.45, 7) is 2.30. The first kappa shape index (κ1) is 14.3. The molecule has 0 aliphatic carbocycles. The Morgan fingerprint density at radius 3 is 2.56 bits per heavy atom. The Balaban J connectivity index is 2.37. The Hall–Kier alpha value is -1.75. The fourth-order valence-corrected chi connectivity index (χ4v) is 1.44. The zero-order valence-electron chi connectivity index (χ0n) is 10.8. The fourth-order valence-electron chi connectivity index (χ4n) is 1.44. The number of benzene rings is 1. The summed E-state index contributed by atoms with van der Waals surface area (Å²) in [5, 5.41) is 14.4. The lowest BCUT2D eigenvalue weighted by Crippen LogP contribution is -2.43. The lowest BCUT2D eigenvalue weighted by Gasteiger charge is -2.14. The van der Waals surface area contributed by atoms with Crippen molar-refractivity contribution in [2.24, 2.45) is 0 Å². The average Bonchev–Trinajstić information content (AvgIpc) is 2.43. The standard InChI is InChI=1S/C13H20N2O3/c1-3-11(9-16)15-13(17)14-8-10-4-6-12(18-2)7-5-10/h4-7,11,16H,3,8-9H2,1-2H3,(H2,14,15,17). The van der Waals surface area contributed by atoms with Gasteiger partial charge in [-0.2, -0.15) is 0 Å². The maximum absolute atomic E-state index is 11.5. The van der Waals surface area contributed by atoms with Crippen molar-refractivity contribution in [3.05, 3.63) is 29.8 Å². The van der Waals surface area contributed by atoms with Crippen LogP contribution in [0.5, 0.6) is 5.75 Å². The Bertz CT molecular complexity index is 361. The van der Waals surface area contributed by atoms with Gasteiger partial charge in [0.25, 0.3) is 0 Å². The monoisotopic (exact) mass is 252 g/mol. The highest BCUT2D eigenvalue weighted by atomic mass is 16.5. The van der Waals surface area contributed by atoms with Crippen LogP contribution in [0.1, 0.15) is 18.9 Å². The second kappa shape index (κ2) is 7.55. The minimum Gasteiger partial charge on any atom is -0.497 e. The van der Waals surface area contributed by atoms with Crippen molar-refractivity contribution in [3.63, 3.8) is 0 Å².